The molecule has 0 spiro atoms. The van der Waals surface area contributed by atoms with Gasteiger partial charge in [0.25, 0.3) is 0 Å². The van der Waals surface area contributed by atoms with Crippen molar-refractivity contribution in [1.82, 2.24) is 20.4 Å². The van der Waals surface area contributed by atoms with Crippen LogP contribution in [-0.4, -0.2) is 33.7 Å². The lowest BCUT2D eigenvalue weighted by atomic mass is 9.96. The summed E-state index contributed by atoms with van der Waals surface area (Å²) in [7, 11) is 0. The Hall–Kier alpha value is -2.37. The second kappa shape index (κ2) is 7.48. The Labute approximate surface area is 154 Å². The summed E-state index contributed by atoms with van der Waals surface area (Å²) in [5.74, 6) is 1.12. The second-order valence-corrected chi connectivity index (χ2v) is 7.46. The third-order valence-corrected chi connectivity index (χ3v) is 5.48. The summed E-state index contributed by atoms with van der Waals surface area (Å²) in [5, 5.41) is 7.33. The molecular formula is C20H26N4O2. The zero-order valence-corrected chi connectivity index (χ0v) is 15.3. The van der Waals surface area contributed by atoms with Crippen LogP contribution in [0, 0.1) is 6.92 Å². The zero-order valence-electron chi connectivity index (χ0n) is 15.3. The molecule has 26 heavy (non-hydrogen) atoms. The lowest BCUT2D eigenvalue weighted by Gasteiger charge is -2.28. The minimum atomic E-state index is -0.120. The minimum absolute atomic E-state index is 0.00878. The van der Waals surface area contributed by atoms with Crippen LogP contribution in [0.5, 0.6) is 0 Å². The van der Waals surface area contributed by atoms with Crippen LogP contribution < -0.4 is 5.32 Å². The zero-order chi connectivity index (χ0) is 17.9. The maximum absolute atomic E-state index is 12.7. The van der Waals surface area contributed by atoms with Crippen LogP contribution in [0.15, 0.2) is 28.8 Å². The van der Waals surface area contributed by atoms with Gasteiger partial charge in [-0.2, -0.15) is 4.98 Å². The minimum Gasteiger partial charge on any atom is -0.337 e. The summed E-state index contributed by atoms with van der Waals surface area (Å²) >= 11 is 0. The molecule has 0 radical (unpaired) electrons. The average molecular weight is 354 g/mol. The first-order valence-corrected chi connectivity index (χ1v) is 9.68. The van der Waals surface area contributed by atoms with Crippen molar-refractivity contribution in [2.45, 2.75) is 64.0 Å². The molecule has 2 aliphatic rings. The Balaban J connectivity index is 1.46. The fourth-order valence-corrected chi connectivity index (χ4v) is 3.96. The van der Waals surface area contributed by atoms with Gasteiger partial charge in [-0.15, -0.1) is 0 Å². The highest BCUT2D eigenvalue weighted by Crippen LogP contribution is 2.32. The molecule has 1 aliphatic carbocycles. The summed E-state index contributed by atoms with van der Waals surface area (Å²) in [6.45, 7) is 2.79. The van der Waals surface area contributed by atoms with Gasteiger partial charge >= 0.3 is 6.03 Å². The molecule has 1 saturated carbocycles. The van der Waals surface area contributed by atoms with E-state index in [4.69, 9.17) is 4.52 Å². The van der Waals surface area contributed by atoms with Crippen LogP contribution in [0.3, 0.4) is 0 Å². The van der Waals surface area contributed by atoms with Crippen molar-refractivity contribution in [2.75, 3.05) is 6.54 Å². The van der Waals surface area contributed by atoms with Gasteiger partial charge in [0.15, 0.2) is 0 Å². The number of nitrogens with one attached hydrogen (secondary N) is 1. The SMILES string of the molecule is Cc1ccc(-c2noc([C@H]3CCCN3C(=O)NC3CCCCC3)n2)cc1. The molecular weight excluding hydrogens is 328 g/mol. The van der Waals surface area contributed by atoms with Gasteiger partial charge in [-0.05, 0) is 32.6 Å². The Kier molecular flexibility index (Phi) is 4.91. The van der Waals surface area contributed by atoms with Gasteiger partial charge in [-0.3, -0.25) is 0 Å². The first-order chi connectivity index (χ1) is 12.7. The number of urea groups is 1. The van der Waals surface area contributed by atoms with E-state index in [-0.39, 0.29) is 12.1 Å². The number of carbonyl (C=O) groups is 1. The molecule has 1 N–H and O–H groups in total. The molecule has 2 aromatic rings. The third kappa shape index (κ3) is 3.59. The second-order valence-electron chi connectivity index (χ2n) is 7.46. The number of hydrogen-bond donors (Lipinski definition) is 1. The number of aryl methyl sites for hydroxylation is 1. The predicted octanol–water partition coefficient (Wildman–Crippen LogP) is 4.22. The van der Waals surface area contributed by atoms with E-state index in [9.17, 15) is 4.79 Å². The Morgan fingerprint density at radius 1 is 1.12 bits per heavy atom. The molecule has 1 atom stereocenters. The highest BCUT2D eigenvalue weighted by Gasteiger charge is 2.35. The van der Waals surface area contributed by atoms with Crippen LogP contribution in [0.2, 0.25) is 0 Å². The third-order valence-electron chi connectivity index (χ3n) is 5.48. The number of likely N-dealkylation sites (tertiary alicyclic amines) is 1. The molecule has 1 aromatic heterocycles. The smallest absolute Gasteiger partial charge is 0.318 e. The number of carbonyl (C=O) groups excluding carboxylic acids is 1. The number of rotatable bonds is 3. The largest absolute Gasteiger partial charge is 0.337 e. The van der Waals surface area contributed by atoms with E-state index in [1.54, 1.807) is 0 Å². The van der Waals surface area contributed by atoms with Gasteiger partial charge in [-0.25, -0.2) is 4.79 Å². The summed E-state index contributed by atoms with van der Waals surface area (Å²) in [5.41, 5.74) is 2.13. The topological polar surface area (TPSA) is 71.3 Å². The maximum atomic E-state index is 12.7. The normalized spacial score (nSPS) is 21.1. The maximum Gasteiger partial charge on any atom is 0.318 e. The van der Waals surface area contributed by atoms with E-state index in [1.165, 1.54) is 24.8 Å². The van der Waals surface area contributed by atoms with Crippen molar-refractivity contribution < 1.29 is 9.32 Å². The van der Waals surface area contributed by atoms with E-state index >= 15 is 0 Å². The van der Waals surface area contributed by atoms with Crippen molar-refractivity contribution in [2.24, 2.45) is 0 Å². The highest BCUT2D eigenvalue weighted by molar-refractivity contribution is 5.75. The van der Waals surface area contributed by atoms with E-state index in [0.717, 1.165) is 37.8 Å². The van der Waals surface area contributed by atoms with Crippen LogP contribution in [0.4, 0.5) is 4.79 Å². The number of hydrogen-bond acceptors (Lipinski definition) is 4. The molecule has 6 nitrogen and oxygen atoms in total. The van der Waals surface area contributed by atoms with Crippen molar-refractivity contribution in [1.29, 1.82) is 0 Å². The molecule has 0 bridgehead atoms. The lowest BCUT2D eigenvalue weighted by molar-refractivity contribution is 0.173. The lowest BCUT2D eigenvalue weighted by Crippen LogP contribution is -2.45. The molecule has 0 unspecified atom stereocenters. The summed E-state index contributed by atoms with van der Waals surface area (Å²) in [6, 6.07) is 8.25. The predicted molar refractivity (Wildman–Crippen MR) is 98.6 cm³/mol. The molecule has 2 fully saturated rings. The van der Waals surface area contributed by atoms with Crippen LogP contribution in [0.25, 0.3) is 11.4 Å². The number of aromatic nitrogens is 2. The quantitative estimate of drug-likeness (QED) is 0.895. The van der Waals surface area contributed by atoms with Crippen molar-refractivity contribution in [3.63, 3.8) is 0 Å². The fraction of sp³-hybridized carbons (Fsp3) is 0.550. The monoisotopic (exact) mass is 354 g/mol. The molecule has 138 valence electrons. The Morgan fingerprint density at radius 2 is 1.88 bits per heavy atom. The standard InChI is InChI=1S/C20H26N4O2/c1-14-9-11-15(12-10-14)18-22-19(26-23-18)17-8-5-13-24(17)20(25)21-16-6-3-2-4-7-16/h9-12,16-17H,2-8,13H2,1H3,(H,21,25)/t17-/m1/s1. The summed E-state index contributed by atoms with van der Waals surface area (Å²) < 4.78 is 5.52. The first-order valence-electron chi connectivity index (χ1n) is 9.68. The van der Waals surface area contributed by atoms with E-state index < -0.39 is 0 Å². The van der Waals surface area contributed by atoms with Crippen LogP contribution >= 0.6 is 0 Å². The Morgan fingerprint density at radius 3 is 2.65 bits per heavy atom. The van der Waals surface area contributed by atoms with E-state index in [1.807, 2.05) is 36.1 Å². The number of amides is 2. The van der Waals surface area contributed by atoms with E-state index in [2.05, 4.69) is 15.5 Å². The number of nitrogens with zero attached hydrogens (tertiary/aromatic N) is 3. The van der Waals surface area contributed by atoms with Gasteiger partial charge in [0.05, 0.1) is 0 Å². The molecule has 1 saturated heterocycles. The van der Waals surface area contributed by atoms with Gasteiger partial charge in [0, 0.05) is 18.2 Å². The van der Waals surface area contributed by atoms with Crippen molar-refractivity contribution >= 4 is 6.03 Å². The van der Waals surface area contributed by atoms with Crippen molar-refractivity contribution in [3.8, 4) is 11.4 Å². The van der Waals surface area contributed by atoms with Crippen LogP contribution in [0.1, 0.15) is 62.4 Å². The molecule has 6 heteroatoms. The summed E-state index contributed by atoms with van der Waals surface area (Å²) in [4.78, 5) is 19.2. The number of benzene rings is 1. The molecule has 1 aliphatic heterocycles. The van der Waals surface area contributed by atoms with Crippen LogP contribution in [-0.2, 0) is 0 Å². The molecule has 2 amide bonds. The van der Waals surface area contributed by atoms with Gasteiger partial charge in [0.2, 0.25) is 11.7 Å². The van der Waals surface area contributed by atoms with Crippen molar-refractivity contribution in [3.05, 3.63) is 35.7 Å². The Bertz CT molecular complexity index is 749. The highest BCUT2D eigenvalue weighted by atomic mass is 16.5. The van der Waals surface area contributed by atoms with Gasteiger partial charge < -0.3 is 14.7 Å². The molecule has 2 heterocycles. The average Bonchev–Trinajstić information content (AvgIpc) is 3.32. The van der Waals surface area contributed by atoms with Gasteiger partial charge in [-0.1, -0.05) is 54.2 Å². The fourth-order valence-electron chi connectivity index (χ4n) is 3.96. The molecule has 4 rings (SSSR count). The first kappa shape index (κ1) is 17.1. The summed E-state index contributed by atoms with van der Waals surface area (Å²) in [6.07, 6.45) is 7.70. The molecule has 1 aromatic carbocycles. The van der Waals surface area contributed by atoms with E-state index in [0.29, 0.717) is 17.8 Å². The van der Waals surface area contributed by atoms with Gasteiger partial charge in [0.1, 0.15) is 6.04 Å².